The maximum Gasteiger partial charge on any atom is 0.237 e. The quantitative estimate of drug-likeness (QED) is 0.786. The fourth-order valence-corrected chi connectivity index (χ4v) is 2.45. The van der Waals surface area contributed by atoms with Gasteiger partial charge in [-0.05, 0) is 47.1 Å². The third-order valence-electron chi connectivity index (χ3n) is 3.37. The molecule has 19 heavy (non-hydrogen) atoms. The van der Waals surface area contributed by atoms with E-state index in [1.165, 1.54) is 0 Å². The molecule has 6 heteroatoms. The first kappa shape index (κ1) is 21.3. The molecule has 1 aliphatic heterocycles. The highest BCUT2D eigenvalue weighted by Crippen LogP contribution is 2.05. The second-order valence-electron chi connectivity index (χ2n) is 5.37. The molecule has 0 aromatic heterocycles. The number of nitrogens with zero attached hydrogens (tertiary/aromatic N) is 1. The molecule has 0 aromatic rings. The van der Waals surface area contributed by atoms with Crippen LogP contribution in [0.3, 0.4) is 0 Å². The first-order valence-electron chi connectivity index (χ1n) is 6.79. The predicted molar refractivity (Wildman–Crippen MR) is 85.5 cm³/mol. The van der Waals surface area contributed by atoms with E-state index in [1.54, 1.807) is 0 Å². The van der Waals surface area contributed by atoms with E-state index >= 15 is 0 Å². The summed E-state index contributed by atoms with van der Waals surface area (Å²) in [4.78, 5) is 14.2. The van der Waals surface area contributed by atoms with Gasteiger partial charge in [0.15, 0.2) is 0 Å². The van der Waals surface area contributed by atoms with E-state index in [0.717, 1.165) is 32.5 Å². The molecule has 1 atom stereocenters. The maximum atomic E-state index is 11.8. The summed E-state index contributed by atoms with van der Waals surface area (Å²) < 4.78 is 0. The molecule has 0 unspecified atom stereocenters. The van der Waals surface area contributed by atoms with Crippen molar-refractivity contribution in [3.8, 4) is 0 Å². The minimum absolute atomic E-state index is 0. The zero-order valence-electron chi connectivity index (χ0n) is 12.4. The molecule has 1 fully saturated rings. The third kappa shape index (κ3) is 7.35. The molecule has 0 bridgehead atoms. The Morgan fingerprint density at radius 3 is 2.26 bits per heavy atom. The number of carbonyl (C=O) groups is 1. The molecule has 0 aliphatic carbocycles. The van der Waals surface area contributed by atoms with Gasteiger partial charge in [-0.1, -0.05) is 0 Å². The summed E-state index contributed by atoms with van der Waals surface area (Å²) in [5, 5.41) is 6.24. The smallest absolute Gasteiger partial charge is 0.237 e. The van der Waals surface area contributed by atoms with Crippen molar-refractivity contribution < 1.29 is 4.79 Å². The molecule has 1 amide bonds. The van der Waals surface area contributed by atoms with Crippen LogP contribution < -0.4 is 10.6 Å². The summed E-state index contributed by atoms with van der Waals surface area (Å²) in [7, 11) is 0. The second-order valence-corrected chi connectivity index (χ2v) is 5.37. The van der Waals surface area contributed by atoms with Crippen LogP contribution in [0.2, 0.25) is 0 Å². The van der Waals surface area contributed by atoms with Crippen molar-refractivity contribution in [1.29, 1.82) is 0 Å². The summed E-state index contributed by atoms with van der Waals surface area (Å²) in [6.45, 7) is 11.4. The van der Waals surface area contributed by atoms with E-state index < -0.39 is 0 Å². The van der Waals surface area contributed by atoms with Crippen LogP contribution >= 0.6 is 24.8 Å². The summed E-state index contributed by atoms with van der Waals surface area (Å²) in [5.41, 5.74) is 0. The lowest BCUT2D eigenvalue weighted by atomic mass is 10.2. The standard InChI is InChI=1S/C13H27N3O.2ClH/c1-10(2)16(11(3)4)9-8-15-13(17)12-6-5-7-14-12;;/h10-12,14H,5-9H2,1-4H3,(H,15,17);2*1H/t12-;;/m0../s1. The molecule has 1 saturated heterocycles. The van der Waals surface area contributed by atoms with Crippen LogP contribution in [0.1, 0.15) is 40.5 Å². The molecule has 0 spiro atoms. The highest BCUT2D eigenvalue weighted by molar-refractivity contribution is 5.85. The van der Waals surface area contributed by atoms with Crippen LogP contribution in [0, 0.1) is 0 Å². The van der Waals surface area contributed by atoms with Crippen LogP contribution in [-0.2, 0) is 4.79 Å². The van der Waals surface area contributed by atoms with Gasteiger partial charge >= 0.3 is 0 Å². The third-order valence-corrected chi connectivity index (χ3v) is 3.37. The van der Waals surface area contributed by atoms with Gasteiger partial charge in [-0.3, -0.25) is 9.69 Å². The molecule has 0 saturated carbocycles. The van der Waals surface area contributed by atoms with E-state index in [-0.39, 0.29) is 36.8 Å². The van der Waals surface area contributed by atoms with Crippen LogP contribution in [0.4, 0.5) is 0 Å². The van der Waals surface area contributed by atoms with E-state index in [9.17, 15) is 4.79 Å². The lowest BCUT2D eigenvalue weighted by molar-refractivity contribution is -0.122. The fourth-order valence-electron chi connectivity index (χ4n) is 2.45. The van der Waals surface area contributed by atoms with Crippen LogP contribution in [0.15, 0.2) is 0 Å². The minimum atomic E-state index is 0. The topological polar surface area (TPSA) is 44.4 Å². The minimum Gasteiger partial charge on any atom is -0.353 e. The lowest BCUT2D eigenvalue weighted by Gasteiger charge is -2.30. The average Bonchev–Trinajstić information content (AvgIpc) is 2.76. The van der Waals surface area contributed by atoms with Crippen molar-refractivity contribution in [1.82, 2.24) is 15.5 Å². The molecule has 0 radical (unpaired) electrons. The van der Waals surface area contributed by atoms with E-state index in [2.05, 4.69) is 43.2 Å². The monoisotopic (exact) mass is 313 g/mol. The van der Waals surface area contributed by atoms with E-state index in [0.29, 0.717) is 12.1 Å². The average molecular weight is 314 g/mol. The Kier molecular flexibility index (Phi) is 12.0. The molecule has 116 valence electrons. The number of nitrogens with one attached hydrogen (secondary N) is 2. The molecule has 0 aromatic carbocycles. The number of hydrogen-bond donors (Lipinski definition) is 2. The first-order valence-corrected chi connectivity index (χ1v) is 6.79. The molecular weight excluding hydrogens is 285 g/mol. The number of amides is 1. The summed E-state index contributed by atoms with van der Waals surface area (Å²) in [6.07, 6.45) is 2.09. The van der Waals surface area contributed by atoms with Gasteiger partial charge in [0.05, 0.1) is 6.04 Å². The first-order chi connectivity index (χ1) is 8.02. The van der Waals surface area contributed by atoms with Gasteiger partial charge in [-0.25, -0.2) is 0 Å². The van der Waals surface area contributed by atoms with Gasteiger partial charge in [0, 0.05) is 25.2 Å². The molecule has 1 rings (SSSR count). The molecule has 2 N–H and O–H groups in total. The summed E-state index contributed by atoms with van der Waals surface area (Å²) in [6, 6.07) is 1.09. The SMILES string of the molecule is CC(C)N(CCNC(=O)[C@@H]1CCCN1)C(C)C.Cl.Cl. The van der Waals surface area contributed by atoms with Crippen molar-refractivity contribution in [3.05, 3.63) is 0 Å². The zero-order chi connectivity index (χ0) is 12.8. The summed E-state index contributed by atoms with van der Waals surface area (Å²) in [5.74, 6) is 0.162. The normalized spacial score (nSPS) is 18.4. The summed E-state index contributed by atoms with van der Waals surface area (Å²) >= 11 is 0. The van der Waals surface area contributed by atoms with Crippen molar-refractivity contribution in [2.75, 3.05) is 19.6 Å². The van der Waals surface area contributed by atoms with Gasteiger partial charge in [0.1, 0.15) is 0 Å². The predicted octanol–water partition coefficient (Wildman–Crippen LogP) is 1.82. The number of halogens is 2. The number of hydrogen-bond acceptors (Lipinski definition) is 3. The Labute approximate surface area is 129 Å². The van der Waals surface area contributed by atoms with Crippen molar-refractivity contribution in [3.63, 3.8) is 0 Å². The largest absolute Gasteiger partial charge is 0.353 e. The Hall–Kier alpha value is -0.0300. The van der Waals surface area contributed by atoms with E-state index in [1.807, 2.05) is 0 Å². The van der Waals surface area contributed by atoms with Crippen LogP contribution in [0.25, 0.3) is 0 Å². The molecular formula is C13H29Cl2N3O. The highest BCUT2D eigenvalue weighted by Gasteiger charge is 2.21. The Morgan fingerprint density at radius 1 is 1.26 bits per heavy atom. The van der Waals surface area contributed by atoms with Crippen LogP contribution in [0.5, 0.6) is 0 Å². The Bertz CT molecular complexity index is 236. The zero-order valence-corrected chi connectivity index (χ0v) is 14.1. The lowest BCUT2D eigenvalue weighted by Crippen LogP contribution is -2.46. The fraction of sp³-hybridized carbons (Fsp3) is 0.923. The Morgan fingerprint density at radius 2 is 1.84 bits per heavy atom. The molecule has 1 aliphatic rings. The number of rotatable bonds is 6. The van der Waals surface area contributed by atoms with Gasteiger partial charge in [-0.2, -0.15) is 0 Å². The Balaban J connectivity index is 0. The molecule has 1 heterocycles. The van der Waals surface area contributed by atoms with Crippen molar-refractivity contribution >= 4 is 30.7 Å². The second kappa shape index (κ2) is 10.7. The van der Waals surface area contributed by atoms with Gasteiger partial charge in [0.2, 0.25) is 5.91 Å². The maximum absolute atomic E-state index is 11.8. The van der Waals surface area contributed by atoms with Crippen LogP contribution in [-0.4, -0.2) is 48.6 Å². The van der Waals surface area contributed by atoms with Gasteiger partial charge in [0.25, 0.3) is 0 Å². The van der Waals surface area contributed by atoms with Gasteiger partial charge in [-0.15, -0.1) is 24.8 Å². The van der Waals surface area contributed by atoms with Crippen molar-refractivity contribution in [2.45, 2.75) is 58.7 Å². The van der Waals surface area contributed by atoms with Gasteiger partial charge < -0.3 is 10.6 Å². The number of carbonyl (C=O) groups excluding carboxylic acids is 1. The van der Waals surface area contributed by atoms with E-state index in [4.69, 9.17) is 0 Å². The van der Waals surface area contributed by atoms with Crippen molar-refractivity contribution in [2.24, 2.45) is 0 Å². The molecule has 4 nitrogen and oxygen atoms in total. The highest BCUT2D eigenvalue weighted by atomic mass is 35.5.